The molecule has 2 heterocycles. The van der Waals surface area contributed by atoms with Gasteiger partial charge in [-0.15, -0.1) is 11.3 Å². The summed E-state index contributed by atoms with van der Waals surface area (Å²) in [6.45, 7) is 2.03. The average molecular weight is 266 g/mol. The molecule has 0 aliphatic heterocycles. The second-order valence-corrected chi connectivity index (χ2v) is 4.71. The Labute approximate surface area is 109 Å². The zero-order valence-electron chi connectivity index (χ0n) is 10.2. The van der Waals surface area contributed by atoms with Crippen molar-refractivity contribution in [3.63, 3.8) is 0 Å². The normalized spacial score (nSPS) is 12.4. The van der Waals surface area contributed by atoms with Crippen LogP contribution in [0.3, 0.4) is 0 Å². The van der Waals surface area contributed by atoms with Gasteiger partial charge in [0.2, 0.25) is 5.76 Å². The van der Waals surface area contributed by atoms with Crippen LogP contribution in [0.5, 0.6) is 0 Å². The molecule has 2 aromatic rings. The molecule has 4 nitrogen and oxygen atoms in total. The van der Waals surface area contributed by atoms with E-state index in [0.717, 1.165) is 16.9 Å². The van der Waals surface area contributed by atoms with E-state index in [1.807, 2.05) is 18.4 Å². The fourth-order valence-electron chi connectivity index (χ4n) is 1.72. The minimum absolute atomic E-state index is 0.0983. The summed E-state index contributed by atoms with van der Waals surface area (Å²) in [5.41, 5.74) is 1.09. The zero-order chi connectivity index (χ0) is 13.1. The lowest BCUT2D eigenvalue weighted by molar-refractivity contribution is 0.0558. The highest BCUT2D eigenvalue weighted by Gasteiger charge is 2.20. The number of hydrogen-bond acceptors (Lipinski definition) is 5. The third-order valence-electron chi connectivity index (χ3n) is 2.69. The zero-order valence-corrected chi connectivity index (χ0v) is 11.0. The van der Waals surface area contributed by atoms with E-state index < -0.39 is 12.1 Å². The summed E-state index contributed by atoms with van der Waals surface area (Å²) in [7, 11) is 1.29. The molecule has 1 atom stereocenters. The van der Waals surface area contributed by atoms with Crippen LogP contribution in [0, 0.1) is 0 Å². The second kappa shape index (κ2) is 5.37. The Balaban J connectivity index is 2.26. The van der Waals surface area contributed by atoms with Gasteiger partial charge in [-0.05, 0) is 35.6 Å². The van der Waals surface area contributed by atoms with Crippen LogP contribution in [0.15, 0.2) is 28.0 Å². The van der Waals surface area contributed by atoms with Crippen LogP contribution in [-0.2, 0) is 11.2 Å². The Bertz CT molecular complexity index is 541. The van der Waals surface area contributed by atoms with E-state index in [-0.39, 0.29) is 5.76 Å². The van der Waals surface area contributed by atoms with Crippen LogP contribution in [0.4, 0.5) is 0 Å². The highest BCUT2D eigenvalue weighted by Crippen LogP contribution is 2.31. The molecule has 0 aliphatic carbocycles. The molecule has 0 amide bonds. The number of carbonyl (C=O) groups excluding carboxylic acids is 1. The van der Waals surface area contributed by atoms with Crippen molar-refractivity contribution in [3.05, 3.63) is 45.5 Å². The van der Waals surface area contributed by atoms with Gasteiger partial charge >= 0.3 is 5.97 Å². The van der Waals surface area contributed by atoms with Gasteiger partial charge in [0.25, 0.3) is 0 Å². The smallest absolute Gasteiger partial charge is 0.373 e. The number of ether oxygens (including phenoxy) is 1. The van der Waals surface area contributed by atoms with Crippen LogP contribution in [0.25, 0.3) is 0 Å². The molecule has 0 fully saturated rings. The minimum Gasteiger partial charge on any atom is -0.463 e. The molecule has 1 N–H and O–H groups in total. The molecule has 0 aliphatic rings. The van der Waals surface area contributed by atoms with Gasteiger partial charge in [0.1, 0.15) is 11.9 Å². The molecule has 5 heteroatoms. The number of rotatable bonds is 4. The maximum Gasteiger partial charge on any atom is 0.373 e. The molecular weight excluding hydrogens is 252 g/mol. The highest BCUT2D eigenvalue weighted by atomic mass is 32.1. The third-order valence-corrected chi connectivity index (χ3v) is 3.70. The third kappa shape index (κ3) is 2.32. The van der Waals surface area contributed by atoms with E-state index >= 15 is 0 Å². The lowest BCUT2D eigenvalue weighted by Crippen LogP contribution is -2.00. The summed E-state index contributed by atoms with van der Waals surface area (Å²) in [5.74, 6) is -0.0935. The summed E-state index contributed by atoms with van der Waals surface area (Å²) in [5, 5.41) is 12.2. The number of esters is 1. The van der Waals surface area contributed by atoms with Crippen molar-refractivity contribution in [2.75, 3.05) is 7.11 Å². The van der Waals surface area contributed by atoms with E-state index in [4.69, 9.17) is 4.42 Å². The van der Waals surface area contributed by atoms with Gasteiger partial charge < -0.3 is 14.3 Å². The van der Waals surface area contributed by atoms with Crippen molar-refractivity contribution < 1.29 is 19.1 Å². The summed E-state index contributed by atoms with van der Waals surface area (Å²) in [6, 6.07) is 5.08. The van der Waals surface area contributed by atoms with Crippen LogP contribution < -0.4 is 0 Å². The van der Waals surface area contributed by atoms with Gasteiger partial charge in [0.15, 0.2) is 0 Å². The van der Waals surface area contributed by atoms with Gasteiger partial charge in [0, 0.05) is 4.88 Å². The summed E-state index contributed by atoms with van der Waals surface area (Å²) >= 11 is 1.47. The number of aryl methyl sites for hydroxylation is 1. The van der Waals surface area contributed by atoms with Gasteiger partial charge in [-0.2, -0.15) is 0 Å². The Morgan fingerprint density at radius 1 is 1.50 bits per heavy atom. The maximum absolute atomic E-state index is 11.3. The predicted molar refractivity (Wildman–Crippen MR) is 67.8 cm³/mol. The van der Waals surface area contributed by atoms with Crippen molar-refractivity contribution in [2.45, 2.75) is 19.4 Å². The first-order valence-electron chi connectivity index (χ1n) is 5.59. The van der Waals surface area contributed by atoms with Gasteiger partial charge in [0.05, 0.1) is 7.11 Å². The molecule has 18 heavy (non-hydrogen) atoms. The number of aliphatic hydroxyl groups excluding tert-OH is 1. The van der Waals surface area contributed by atoms with Crippen LogP contribution in [-0.4, -0.2) is 18.2 Å². The van der Waals surface area contributed by atoms with E-state index in [1.54, 1.807) is 6.07 Å². The Kier molecular flexibility index (Phi) is 3.84. The quantitative estimate of drug-likeness (QED) is 0.864. The molecular formula is C13H14O4S. The lowest BCUT2D eigenvalue weighted by Gasteiger charge is -2.07. The molecule has 1 unspecified atom stereocenters. The molecule has 0 spiro atoms. The Hall–Kier alpha value is -1.59. The number of aliphatic hydroxyl groups is 1. The number of hydrogen-bond donors (Lipinski definition) is 1. The summed E-state index contributed by atoms with van der Waals surface area (Å²) in [6.07, 6.45) is 0.0128. The maximum atomic E-state index is 11.3. The molecule has 2 rings (SSSR count). The molecule has 2 aromatic heterocycles. The molecule has 0 saturated carbocycles. The molecule has 0 bridgehead atoms. The van der Waals surface area contributed by atoms with Gasteiger partial charge in [-0.3, -0.25) is 0 Å². The Morgan fingerprint density at radius 2 is 2.28 bits per heavy atom. The fourth-order valence-corrected chi connectivity index (χ4v) is 2.71. The van der Waals surface area contributed by atoms with E-state index in [1.165, 1.54) is 24.5 Å². The molecule has 0 saturated heterocycles. The molecule has 0 aromatic carbocycles. The summed E-state index contributed by atoms with van der Waals surface area (Å²) in [4.78, 5) is 12.1. The largest absolute Gasteiger partial charge is 0.463 e. The first-order valence-corrected chi connectivity index (χ1v) is 6.47. The van der Waals surface area contributed by atoms with Crippen molar-refractivity contribution in [1.29, 1.82) is 0 Å². The lowest BCUT2D eigenvalue weighted by atomic mass is 10.1. The average Bonchev–Trinajstić information content (AvgIpc) is 3.05. The number of furan rings is 1. The van der Waals surface area contributed by atoms with Crippen LogP contribution in [0.2, 0.25) is 0 Å². The van der Waals surface area contributed by atoms with Crippen molar-refractivity contribution >= 4 is 17.3 Å². The van der Waals surface area contributed by atoms with Crippen molar-refractivity contribution in [3.8, 4) is 0 Å². The van der Waals surface area contributed by atoms with Crippen molar-refractivity contribution in [2.24, 2.45) is 0 Å². The second-order valence-electron chi connectivity index (χ2n) is 3.76. The Morgan fingerprint density at radius 3 is 2.94 bits per heavy atom. The number of methoxy groups -OCH3 is 1. The van der Waals surface area contributed by atoms with Crippen LogP contribution in [0.1, 0.15) is 39.8 Å². The highest BCUT2D eigenvalue weighted by molar-refractivity contribution is 7.10. The van der Waals surface area contributed by atoms with E-state index in [9.17, 15) is 9.90 Å². The number of thiophene rings is 1. The first kappa shape index (κ1) is 12.9. The molecule has 96 valence electrons. The van der Waals surface area contributed by atoms with Crippen LogP contribution >= 0.6 is 11.3 Å². The number of carbonyl (C=O) groups is 1. The van der Waals surface area contributed by atoms with E-state index in [2.05, 4.69) is 4.74 Å². The van der Waals surface area contributed by atoms with Gasteiger partial charge in [-0.1, -0.05) is 6.92 Å². The SMILES string of the molecule is CCc1ccsc1C(O)c1ccc(C(=O)OC)o1. The minimum atomic E-state index is -0.835. The molecule has 0 radical (unpaired) electrons. The predicted octanol–water partition coefficient (Wildman–Crippen LogP) is 2.77. The topological polar surface area (TPSA) is 59.7 Å². The fraction of sp³-hybridized carbons (Fsp3) is 0.308. The van der Waals surface area contributed by atoms with Crippen molar-refractivity contribution in [1.82, 2.24) is 0 Å². The first-order chi connectivity index (χ1) is 8.67. The monoisotopic (exact) mass is 266 g/mol. The van der Waals surface area contributed by atoms with Gasteiger partial charge in [-0.25, -0.2) is 4.79 Å². The standard InChI is InChI=1S/C13H14O4S/c1-3-8-6-7-18-12(8)11(14)9-4-5-10(17-9)13(15)16-2/h4-7,11,14H,3H2,1-2H3. The van der Waals surface area contributed by atoms with E-state index in [0.29, 0.717) is 5.76 Å². The summed E-state index contributed by atoms with van der Waals surface area (Å²) < 4.78 is 9.86.